The van der Waals surface area contributed by atoms with Crippen LogP contribution in [0.4, 0.5) is 0 Å². The van der Waals surface area contributed by atoms with Gasteiger partial charge in [0, 0.05) is 5.56 Å². The van der Waals surface area contributed by atoms with E-state index in [0.717, 1.165) is 5.56 Å². The van der Waals surface area contributed by atoms with Gasteiger partial charge in [-0.2, -0.15) is 0 Å². The van der Waals surface area contributed by atoms with E-state index < -0.39 is 5.91 Å². The van der Waals surface area contributed by atoms with E-state index in [1.807, 2.05) is 0 Å². The molecule has 0 saturated heterocycles. The fourth-order valence-corrected chi connectivity index (χ4v) is 1.89. The van der Waals surface area contributed by atoms with Crippen molar-refractivity contribution < 1.29 is 14.3 Å². The Morgan fingerprint density at radius 3 is 2.58 bits per heavy atom. The Bertz CT molecular complexity index is 608. The molecule has 97 valence electrons. The van der Waals surface area contributed by atoms with E-state index >= 15 is 0 Å². The quantitative estimate of drug-likeness (QED) is 0.912. The minimum atomic E-state index is -0.527. The topological polar surface area (TPSA) is 61.6 Å². The molecule has 1 amide bonds. The smallest absolute Gasteiger partial charge is 0.249 e. The Labute approximate surface area is 111 Å². The molecule has 0 bridgehead atoms. The summed E-state index contributed by atoms with van der Waals surface area (Å²) in [6, 6.07) is 13.5. The van der Waals surface area contributed by atoms with Crippen LogP contribution in [0.3, 0.4) is 0 Å². The van der Waals surface area contributed by atoms with Crippen molar-refractivity contribution in [2.45, 2.75) is 0 Å². The summed E-state index contributed by atoms with van der Waals surface area (Å²) in [4.78, 5) is 11.5. The molecule has 2 aromatic carbocycles. The van der Waals surface area contributed by atoms with Gasteiger partial charge in [0.25, 0.3) is 0 Å². The molecule has 0 aliphatic heterocycles. The third kappa shape index (κ3) is 2.52. The zero-order chi connectivity index (χ0) is 13.8. The molecule has 19 heavy (non-hydrogen) atoms. The Balaban J connectivity index is 2.66. The van der Waals surface area contributed by atoms with Crippen molar-refractivity contribution in [3.8, 4) is 22.6 Å². The summed E-state index contributed by atoms with van der Waals surface area (Å²) in [5.41, 5.74) is 7.11. The summed E-state index contributed by atoms with van der Waals surface area (Å²) in [5.74, 6) is 0.790. The first-order valence-corrected chi connectivity index (χ1v) is 5.70. The number of hydrogen-bond donors (Lipinski definition) is 1. The highest BCUT2D eigenvalue weighted by molar-refractivity contribution is 6.00. The predicted molar refractivity (Wildman–Crippen MR) is 72.3 cm³/mol. The van der Waals surface area contributed by atoms with E-state index in [9.17, 15) is 4.79 Å². The molecule has 0 aliphatic rings. The van der Waals surface area contributed by atoms with Crippen molar-refractivity contribution >= 4 is 5.91 Å². The van der Waals surface area contributed by atoms with Crippen molar-refractivity contribution in [1.29, 1.82) is 0 Å². The molecule has 4 heteroatoms. The fourth-order valence-electron chi connectivity index (χ4n) is 1.89. The molecular formula is C15H14NO3. The van der Waals surface area contributed by atoms with E-state index in [-0.39, 0.29) is 0 Å². The third-order valence-electron chi connectivity index (χ3n) is 2.80. The fraction of sp³-hybridized carbons (Fsp3) is 0.133. The zero-order valence-electron chi connectivity index (χ0n) is 10.8. The van der Waals surface area contributed by atoms with Crippen LogP contribution in [-0.4, -0.2) is 20.1 Å². The van der Waals surface area contributed by atoms with Crippen LogP contribution in [0.2, 0.25) is 0 Å². The summed E-state index contributed by atoms with van der Waals surface area (Å²) in [6.45, 7) is 0. The van der Waals surface area contributed by atoms with Gasteiger partial charge in [0.2, 0.25) is 5.91 Å². The van der Waals surface area contributed by atoms with E-state index in [0.29, 0.717) is 22.6 Å². The molecule has 0 heterocycles. The van der Waals surface area contributed by atoms with Crippen LogP contribution in [0.5, 0.6) is 11.5 Å². The molecule has 2 N–H and O–H groups in total. The number of carbonyl (C=O) groups is 1. The second-order valence-corrected chi connectivity index (χ2v) is 3.89. The van der Waals surface area contributed by atoms with Crippen molar-refractivity contribution in [2.75, 3.05) is 14.2 Å². The Morgan fingerprint density at radius 1 is 1.16 bits per heavy atom. The number of nitrogens with two attached hydrogens (primary N) is 1. The van der Waals surface area contributed by atoms with Gasteiger partial charge in [0.05, 0.1) is 19.8 Å². The van der Waals surface area contributed by atoms with Gasteiger partial charge in [-0.15, -0.1) is 0 Å². The number of benzene rings is 2. The SMILES string of the molecule is COc1ccc(OC)c(-c2ccc[c]c2C(N)=O)c1. The number of rotatable bonds is 4. The minimum absolute atomic E-state index is 0.328. The molecule has 0 aromatic heterocycles. The normalized spacial score (nSPS) is 10.0. The van der Waals surface area contributed by atoms with Crippen LogP contribution in [0, 0.1) is 6.07 Å². The van der Waals surface area contributed by atoms with Gasteiger partial charge in [-0.1, -0.05) is 18.2 Å². The molecule has 0 aliphatic carbocycles. The highest BCUT2D eigenvalue weighted by Gasteiger charge is 2.14. The molecule has 0 atom stereocenters. The van der Waals surface area contributed by atoms with Gasteiger partial charge >= 0.3 is 0 Å². The zero-order valence-corrected chi connectivity index (χ0v) is 10.8. The maximum atomic E-state index is 11.5. The van der Waals surface area contributed by atoms with E-state index in [4.69, 9.17) is 15.2 Å². The molecule has 0 unspecified atom stereocenters. The molecule has 0 saturated carbocycles. The second kappa shape index (κ2) is 5.44. The Kier molecular flexibility index (Phi) is 3.71. The van der Waals surface area contributed by atoms with Crippen LogP contribution >= 0.6 is 0 Å². The largest absolute Gasteiger partial charge is 0.497 e. The lowest BCUT2D eigenvalue weighted by atomic mass is 9.98. The molecule has 4 nitrogen and oxygen atoms in total. The first-order valence-electron chi connectivity index (χ1n) is 5.70. The van der Waals surface area contributed by atoms with Crippen LogP contribution in [-0.2, 0) is 0 Å². The van der Waals surface area contributed by atoms with Crippen LogP contribution in [0.1, 0.15) is 10.4 Å². The number of ether oxygens (including phenoxy) is 2. The predicted octanol–water partition coefficient (Wildman–Crippen LogP) is 2.27. The first kappa shape index (κ1) is 13.0. The number of hydrogen-bond acceptors (Lipinski definition) is 3. The summed E-state index contributed by atoms with van der Waals surface area (Å²) < 4.78 is 10.5. The van der Waals surface area contributed by atoms with E-state index in [1.54, 1.807) is 50.6 Å². The molecule has 2 rings (SSSR count). The van der Waals surface area contributed by atoms with E-state index in [1.165, 1.54) is 0 Å². The van der Waals surface area contributed by atoms with Crippen LogP contribution < -0.4 is 15.2 Å². The Hall–Kier alpha value is -2.49. The number of methoxy groups -OCH3 is 2. The first-order chi connectivity index (χ1) is 9.17. The molecule has 1 radical (unpaired) electrons. The lowest BCUT2D eigenvalue weighted by molar-refractivity contribution is 0.100. The molecule has 0 spiro atoms. The van der Waals surface area contributed by atoms with Crippen LogP contribution in [0.15, 0.2) is 36.4 Å². The maximum absolute atomic E-state index is 11.5. The molecule has 0 fully saturated rings. The third-order valence-corrected chi connectivity index (χ3v) is 2.80. The van der Waals surface area contributed by atoms with Gasteiger partial charge in [-0.05, 0) is 29.8 Å². The summed E-state index contributed by atoms with van der Waals surface area (Å²) in [6.07, 6.45) is 0. The lowest BCUT2D eigenvalue weighted by Gasteiger charge is -2.12. The highest BCUT2D eigenvalue weighted by atomic mass is 16.5. The summed E-state index contributed by atoms with van der Waals surface area (Å²) in [5, 5.41) is 0. The van der Waals surface area contributed by atoms with E-state index in [2.05, 4.69) is 6.07 Å². The van der Waals surface area contributed by atoms with Gasteiger partial charge in [-0.25, -0.2) is 0 Å². The standard InChI is InChI=1S/C15H14NO3/c1-18-10-7-8-14(19-2)13(9-10)11-5-3-4-6-12(11)15(16)17/h3-5,7-9H,1-2H3,(H2,16,17). The maximum Gasteiger partial charge on any atom is 0.249 e. The van der Waals surface area contributed by atoms with Crippen molar-refractivity contribution in [3.63, 3.8) is 0 Å². The van der Waals surface area contributed by atoms with Crippen molar-refractivity contribution in [1.82, 2.24) is 0 Å². The van der Waals surface area contributed by atoms with Gasteiger partial charge < -0.3 is 15.2 Å². The average molecular weight is 256 g/mol. The summed E-state index contributed by atoms with van der Waals surface area (Å²) >= 11 is 0. The Morgan fingerprint density at radius 2 is 1.95 bits per heavy atom. The van der Waals surface area contributed by atoms with Crippen molar-refractivity contribution in [2.24, 2.45) is 5.73 Å². The van der Waals surface area contributed by atoms with Gasteiger partial charge in [-0.3, -0.25) is 4.79 Å². The molecular weight excluding hydrogens is 242 g/mol. The van der Waals surface area contributed by atoms with Gasteiger partial charge in [0.1, 0.15) is 11.5 Å². The minimum Gasteiger partial charge on any atom is -0.497 e. The van der Waals surface area contributed by atoms with Crippen molar-refractivity contribution in [3.05, 3.63) is 48.0 Å². The highest BCUT2D eigenvalue weighted by Crippen LogP contribution is 2.35. The van der Waals surface area contributed by atoms with Gasteiger partial charge in [0.15, 0.2) is 0 Å². The van der Waals surface area contributed by atoms with Crippen LogP contribution in [0.25, 0.3) is 11.1 Å². The second-order valence-electron chi connectivity index (χ2n) is 3.89. The number of amides is 1. The summed E-state index contributed by atoms with van der Waals surface area (Å²) in [7, 11) is 3.15. The number of primary amides is 1. The average Bonchev–Trinajstić information content (AvgIpc) is 2.46. The molecule has 2 aromatic rings. The lowest BCUT2D eigenvalue weighted by Crippen LogP contribution is -2.12. The monoisotopic (exact) mass is 256 g/mol. The number of carbonyl (C=O) groups excluding carboxylic acids is 1.